The molecule has 6 rings (SSSR count). The molecule has 0 amide bonds. The van der Waals surface area contributed by atoms with E-state index in [2.05, 4.69) is 4.90 Å². The van der Waals surface area contributed by atoms with E-state index in [-0.39, 0.29) is 12.6 Å². The number of ketones is 1. The van der Waals surface area contributed by atoms with E-state index in [0.29, 0.717) is 36.9 Å². The second kappa shape index (κ2) is 7.67. The lowest BCUT2D eigenvalue weighted by atomic mass is 9.98. The summed E-state index contributed by atoms with van der Waals surface area (Å²) >= 11 is 0. The normalized spacial score (nSPS) is 17.5. The SMILES string of the molecule is Cc1cccc(/C=C2\Oc3c4c(cc(C)c3C2=O)OCN(Cc2ccc3c(c2)OCO3)C4)c1. The first-order chi connectivity index (χ1) is 16.0. The molecule has 0 saturated heterocycles. The summed E-state index contributed by atoms with van der Waals surface area (Å²) in [6, 6.07) is 15.9. The second-order valence-electron chi connectivity index (χ2n) is 8.68. The Morgan fingerprint density at radius 3 is 2.73 bits per heavy atom. The van der Waals surface area contributed by atoms with Crippen LogP contribution in [0.1, 0.15) is 38.2 Å². The van der Waals surface area contributed by atoms with Crippen LogP contribution in [-0.2, 0) is 13.1 Å². The fourth-order valence-corrected chi connectivity index (χ4v) is 4.59. The standard InChI is InChI=1S/C27H23NO5/c1-16-4-3-5-18(8-16)10-24-26(29)25-17(2)9-22-20(27(25)33-24)13-28(14-30-22)12-19-6-7-21-23(11-19)32-15-31-21/h3-11H,12-15H2,1-2H3/b24-10-. The van der Waals surface area contributed by atoms with Crippen LogP contribution in [0.15, 0.2) is 54.3 Å². The molecule has 0 bridgehead atoms. The van der Waals surface area contributed by atoms with E-state index in [1.54, 1.807) is 0 Å². The van der Waals surface area contributed by atoms with Crippen LogP contribution in [0.3, 0.4) is 0 Å². The lowest BCUT2D eigenvalue weighted by Gasteiger charge is -2.30. The van der Waals surface area contributed by atoms with Crippen molar-refractivity contribution >= 4 is 11.9 Å². The van der Waals surface area contributed by atoms with E-state index in [9.17, 15) is 4.79 Å². The summed E-state index contributed by atoms with van der Waals surface area (Å²) in [5.74, 6) is 3.19. The Morgan fingerprint density at radius 1 is 0.970 bits per heavy atom. The number of benzene rings is 3. The lowest BCUT2D eigenvalue weighted by molar-refractivity contribution is 0.0871. The predicted octanol–water partition coefficient (Wildman–Crippen LogP) is 5.00. The van der Waals surface area contributed by atoms with Crippen molar-refractivity contribution in [2.75, 3.05) is 13.5 Å². The second-order valence-corrected chi connectivity index (χ2v) is 8.68. The number of hydrogen-bond acceptors (Lipinski definition) is 6. The summed E-state index contributed by atoms with van der Waals surface area (Å²) in [5, 5.41) is 0. The van der Waals surface area contributed by atoms with Crippen LogP contribution in [0.5, 0.6) is 23.0 Å². The van der Waals surface area contributed by atoms with E-state index in [0.717, 1.165) is 45.1 Å². The van der Waals surface area contributed by atoms with Gasteiger partial charge in [0.05, 0.1) is 11.1 Å². The van der Waals surface area contributed by atoms with Gasteiger partial charge in [0.15, 0.2) is 17.3 Å². The molecule has 166 valence electrons. The third-order valence-corrected chi connectivity index (χ3v) is 6.17. The molecule has 3 aliphatic heterocycles. The van der Waals surface area contributed by atoms with Gasteiger partial charge >= 0.3 is 0 Å². The Hall–Kier alpha value is -3.77. The van der Waals surface area contributed by atoms with Gasteiger partial charge in [0.2, 0.25) is 12.6 Å². The van der Waals surface area contributed by atoms with Gasteiger partial charge < -0.3 is 18.9 Å². The molecule has 0 fully saturated rings. The third kappa shape index (κ3) is 3.52. The van der Waals surface area contributed by atoms with Crippen LogP contribution in [-0.4, -0.2) is 24.2 Å². The topological polar surface area (TPSA) is 57.2 Å². The molecule has 6 heteroatoms. The minimum atomic E-state index is -0.0836. The van der Waals surface area contributed by atoms with Gasteiger partial charge in [-0.2, -0.15) is 0 Å². The van der Waals surface area contributed by atoms with E-state index in [4.69, 9.17) is 18.9 Å². The number of Topliss-reactive ketones (excluding diaryl/α,β-unsaturated/α-hetero) is 1. The van der Waals surface area contributed by atoms with Gasteiger partial charge in [0.25, 0.3) is 0 Å². The van der Waals surface area contributed by atoms with E-state index >= 15 is 0 Å². The first kappa shape index (κ1) is 19.9. The van der Waals surface area contributed by atoms with Crippen LogP contribution < -0.4 is 18.9 Å². The van der Waals surface area contributed by atoms with E-state index < -0.39 is 0 Å². The Bertz CT molecular complexity index is 1330. The van der Waals surface area contributed by atoms with Gasteiger partial charge in [-0.05, 0) is 54.8 Å². The van der Waals surface area contributed by atoms with Gasteiger partial charge in [-0.25, -0.2) is 0 Å². The molecule has 0 aromatic heterocycles. The van der Waals surface area contributed by atoms with Crippen molar-refractivity contribution in [1.29, 1.82) is 0 Å². The van der Waals surface area contributed by atoms with Crippen molar-refractivity contribution in [2.45, 2.75) is 26.9 Å². The van der Waals surface area contributed by atoms with E-state index in [1.807, 2.05) is 68.5 Å². The molecule has 0 aliphatic carbocycles. The minimum absolute atomic E-state index is 0.0836. The molecular weight excluding hydrogens is 418 g/mol. The van der Waals surface area contributed by atoms with Gasteiger partial charge in [0.1, 0.15) is 18.2 Å². The lowest BCUT2D eigenvalue weighted by Crippen LogP contribution is -2.31. The largest absolute Gasteiger partial charge is 0.478 e. The Morgan fingerprint density at radius 2 is 1.85 bits per heavy atom. The molecule has 0 N–H and O–H groups in total. The van der Waals surface area contributed by atoms with Crippen LogP contribution >= 0.6 is 0 Å². The summed E-state index contributed by atoms with van der Waals surface area (Å²) in [4.78, 5) is 15.4. The van der Waals surface area contributed by atoms with Gasteiger partial charge in [-0.1, -0.05) is 35.9 Å². The molecule has 3 heterocycles. The van der Waals surface area contributed by atoms with Crippen LogP contribution in [0.25, 0.3) is 6.08 Å². The Kier molecular flexibility index (Phi) is 4.62. The summed E-state index contributed by atoms with van der Waals surface area (Å²) < 4.78 is 23.1. The molecule has 0 radical (unpaired) electrons. The predicted molar refractivity (Wildman–Crippen MR) is 123 cm³/mol. The molecule has 0 unspecified atom stereocenters. The molecule has 0 atom stereocenters. The number of carbonyl (C=O) groups is 1. The number of rotatable bonds is 3. The van der Waals surface area contributed by atoms with Crippen LogP contribution in [0.4, 0.5) is 0 Å². The van der Waals surface area contributed by atoms with Crippen molar-refractivity contribution in [1.82, 2.24) is 4.90 Å². The Labute approximate surface area is 191 Å². The Balaban J connectivity index is 1.29. The number of carbonyl (C=O) groups excluding carboxylic acids is 1. The van der Waals surface area contributed by atoms with Crippen molar-refractivity contribution in [3.63, 3.8) is 0 Å². The number of fused-ring (bicyclic) bond motifs is 4. The zero-order valence-corrected chi connectivity index (χ0v) is 18.5. The van der Waals surface area contributed by atoms with Crippen molar-refractivity contribution in [3.05, 3.63) is 87.7 Å². The highest BCUT2D eigenvalue weighted by atomic mass is 16.7. The molecule has 3 aromatic rings. The maximum atomic E-state index is 13.2. The summed E-state index contributed by atoms with van der Waals surface area (Å²) in [7, 11) is 0. The average Bonchev–Trinajstić information content (AvgIpc) is 3.39. The first-order valence-corrected chi connectivity index (χ1v) is 11.0. The molecule has 0 spiro atoms. The zero-order chi connectivity index (χ0) is 22.5. The monoisotopic (exact) mass is 441 g/mol. The fourth-order valence-electron chi connectivity index (χ4n) is 4.59. The molecular formula is C27H23NO5. The van der Waals surface area contributed by atoms with Crippen LogP contribution in [0, 0.1) is 13.8 Å². The van der Waals surface area contributed by atoms with Gasteiger partial charge in [-0.15, -0.1) is 0 Å². The summed E-state index contributed by atoms with van der Waals surface area (Å²) in [5.41, 5.74) is 5.58. The van der Waals surface area contributed by atoms with Crippen molar-refractivity contribution in [3.8, 4) is 23.0 Å². The zero-order valence-electron chi connectivity index (χ0n) is 18.5. The van der Waals surface area contributed by atoms with Gasteiger partial charge in [0, 0.05) is 13.1 Å². The number of ether oxygens (including phenoxy) is 4. The highest BCUT2D eigenvalue weighted by Gasteiger charge is 2.35. The molecule has 6 nitrogen and oxygen atoms in total. The van der Waals surface area contributed by atoms with Crippen LogP contribution in [0.2, 0.25) is 0 Å². The first-order valence-electron chi connectivity index (χ1n) is 11.0. The molecule has 0 saturated carbocycles. The minimum Gasteiger partial charge on any atom is -0.478 e. The summed E-state index contributed by atoms with van der Waals surface area (Å²) in [6.07, 6.45) is 1.81. The maximum Gasteiger partial charge on any atom is 0.232 e. The molecule has 3 aliphatic rings. The van der Waals surface area contributed by atoms with Gasteiger partial charge in [-0.3, -0.25) is 9.69 Å². The number of nitrogens with zero attached hydrogens (tertiary/aromatic N) is 1. The van der Waals surface area contributed by atoms with Crippen molar-refractivity contribution in [2.24, 2.45) is 0 Å². The quantitative estimate of drug-likeness (QED) is 0.533. The maximum absolute atomic E-state index is 13.2. The fraction of sp³-hybridized carbons (Fsp3) is 0.222. The van der Waals surface area contributed by atoms with Crippen molar-refractivity contribution < 1.29 is 23.7 Å². The molecule has 33 heavy (non-hydrogen) atoms. The smallest absolute Gasteiger partial charge is 0.232 e. The number of allylic oxidation sites excluding steroid dienone is 1. The third-order valence-electron chi connectivity index (χ3n) is 6.17. The number of aryl methyl sites for hydroxylation is 2. The van der Waals surface area contributed by atoms with E-state index in [1.165, 1.54) is 0 Å². The highest BCUT2D eigenvalue weighted by molar-refractivity contribution is 6.15. The number of hydrogen-bond donors (Lipinski definition) is 0. The summed E-state index contributed by atoms with van der Waals surface area (Å²) in [6.45, 7) is 5.98. The molecule has 3 aromatic carbocycles. The highest BCUT2D eigenvalue weighted by Crippen LogP contribution is 2.44. The average molecular weight is 441 g/mol.